The van der Waals surface area contributed by atoms with Crippen LogP contribution < -0.4 is 5.32 Å². The predicted molar refractivity (Wildman–Crippen MR) is 85.4 cm³/mol. The SMILES string of the molecule is O=C(Cc1ccccc1)N[C@@H](Cc1cccnc1Br)C(=O)O. The molecule has 2 rings (SSSR count). The maximum Gasteiger partial charge on any atom is 0.326 e. The number of nitrogens with zero attached hydrogens (tertiary/aromatic N) is 1. The van der Waals surface area contributed by atoms with E-state index in [9.17, 15) is 14.7 Å². The van der Waals surface area contributed by atoms with Crippen LogP contribution in [0.5, 0.6) is 0 Å². The van der Waals surface area contributed by atoms with Gasteiger partial charge in [0.25, 0.3) is 0 Å². The van der Waals surface area contributed by atoms with Crippen LogP contribution in [0.4, 0.5) is 0 Å². The molecule has 1 heterocycles. The number of aliphatic carboxylic acids is 1. The molecule has 0 saturated carbocycles. The summed E-state index contributed by atoms with van der Waals surface area (Å²) in [5.41, 5.74) is 1.57. The highest BCUT2D eigenvalue weighted by Crippen LogP contribution is 2.14. The van der Waals surface area contributed by atoms with E-state index >= 15 is 0 Å². The molecule has 0 unspecified atom stereocenters. The molecule has 2 aromatic rings. The number of carboxylic acids is 1. The van der Waals surface area contributed by atoms with Crippen molar-refractivity contribution in [2.24, 2.45) is 0 Å². The van der Waals surface area contributed by atoms with E-state index in [-0.39, 0.29) is 18.7 Å². The van der Waals surface area contributed by atoms with Gasteiger partial charge in [0.15, 0.2) is 0 Å². The Labute approximate surface area is 136 Å². The molecule has 22 heavy (non-hydrogen) atoms. The Hall–Kier alpha value is -2.21. The summed E-state index contributed by atoms with van der Waals surface area (Å²) >= 11 is 3.28. The van der Waals surface area contributed by atoms with Gasteiger partial charge in [0.1, 0.15) is 10.6 Å². The molecule has 0 aliphatic heterocycles. The van der Waals surface area contributed by atoms with Gasteiger partial charge in [-0.25, -0.2) is 9.78 Å². The lowest BCUT2D eigenvalue weighted by Crippen LogP contribution is -2.43. The lowest BCUT2D eigenvalue weighted by molar-refractivity contribution is -0.141. The van der Waals surface area contributed by atoms with Crippen molar-refractivity contribution in [3.63, 3.8) is 0 Å². The third kappa shape index (κ3) is 4.66. The third-order valence-electron chi connectivity index (χ3n) is 3.10. The van der Waals surface area contributed by atoms with Crippen molar-refractivity contribution in [3.8, 4) is 0 Å². The highest BCUT2D eigenvalue weighted by molar-refractivity contribution is 9.10. The molecule has 0 fully saturated rings. The van der Waals surface area contributed by atoms with Crippen LogP contribution in [0, 0.1) is 0 Å². The van der Waals surface area contributed by atoms with E-state index in [0.29, 0.717) is 4.60 Å². The maximum atomic E-state index is 12.0. The number of pyridine rings is 1. The second-order valence-corrected chi connectivity index (χ2v) is 5.53. The van der Waals surface area contributed by atoms with E-state index < -0.39 is 12.0 Å². The summed E-state index contributed by atoms with van der Waals surface area (Å²) in [5.74, 6) is -1.39. The number of carboxylic acid groups (broad SMARTS) is 1. The highest BCUT2D eigenvalue weighted by atomic mass is 79.9. The van der Waals surface area contributed by atoms with Crippen LogP contribution in [0.15, 0.2) is 53.3 Å². The summed E-state index contributed by atoms with van der Waals surface area (Å²) in [6.07, 6.45) is 1.93. The number of carbonyl (C=O) groups is 2. The zero-order valence-electron chi connectivity index (χ0n) is 11.7. The van der Waals surface area contributed by atoms with Crippen LogP contribution in [0.2, 0.25) is 0 Å². The van der Waals surface area contributed by atoms with Crippen LogP contribution in [0.3, 0.4) is 0 Å². The number of aromatic nitrogens is 1. The Morgan fingerprint density at radius 1 is 1.18 bits per heavy atom. The van der Waals surface area contributed by atoms with Gasteiger partial charge in [0.2, 0.25) is 5.91 Å². The van der Waals surface area contributed by atoms with Crippen LogP contribution in [0.25, 0.3) is 0 Å². The van der Waals surface area contributed by atoms with Crippen molar-refractivity contribution in [2.75, 3.05) is 0 Å². The number of hydrogen-bond donors (Lipinski definition) is 2. The summed E-state index contributed by atoms with van der Waals surface area (Å²) in [6, 6.07) is 11.7. The minimum absolute atomic E-state index is 0.152. The van der Waals surface area contributed by atoms with Crippen molar-refractivity contribution in [1.82, 2.24) is 10.3 Å². The normalized spacial score (nSPS) is 11.7. The number of nitrogens with one attached hydrogen (secondary N) is 1. The Balaban J connectivity index is 2.01. The van der Waals surface area contributed by atoms with Gasteiger partial charge < -0.3 is 10.4 Å². The molecule has 0 bridgehead atoms. The van der Waals surface area contributed by atoms with Crippen molar-refractivity contribution >= 4 is 27.8 Å². The third-order valence-corrected chi connectivity index (χ3v) is 3.82. The van der Waals surface area contributed by atoms with Gasteiger partial charge in [-0.15, -0.1) is 0 Å². The first-order chi connectivity index (χ1) is 10.6. The quantitative estimate of drug-likeness (QED) is 0.772. The van der Waals surface area contributed by atoms with Crippen molar-refractivity contribution in [1.29, 1.82) is 0 Å². The first kappa shape index (κ1) is 16.2. The molecular weight excluding hydrogens is 348 g/mol. The molecule has 0 spiro atoms. The maximum absolute atomic E-state index is 12.0. The van der Waals surface area contributed by atoms with Gasteiger partial charge in [0, 0.05) is 12.6 Å². The van der Waals surface area contributed by atoms with Gasteiger partial charge in [-0.05, 0) is 33.1 Å². The fourth-order valence-electron chi connectivity index (χ4n) is 2.02. The molecule has 114 valence electrons. The van der Waals surface area contributed by atoms with Crippen LogP contribution in [-0.2, 0) is 22.4 Å². The highest BCUT2D eigenvalue weighted by Gasteiger charge is 2.21. The van der Waals surface area contributed by atoms with Crippen molar-refractivity contribution < 1.29 is 14.7 Å². The van der Waals surface area contributed by atoms with Gasteiger partial charge >= 0.3 is 5.97 Å². The van der Waals surface area contributed by atoms with Crippen LogP contribution in [-0.4, -0.2) is 28.0 Å². The topological polar surface area (TPSA) is 79.3 Å². The van der Waals surface area contributed by atoms with E-state index in [0.717, 1.165) is 11.1 Å². The molecule has 6 heteroatoms. The second kappa shape index (κ2) is 7.70. The summed E-state index contributed by atoms with van der Waals surface area (Å²) < 4.78 is 0.582. The van der Waals surface area contributed by atoms with E-state index in [1.165, 1.54) is 0 Å². The minimum atomic E-state index is -1.07. The van der Waals surface area contributed by atoms with Gasteiger partial charge in [-0.2, -0.15) is 0 Å². The van der Waals surface area contributed by atoms with Crippen LogP contribution >= 0.6 is 15.9 Å². The molecule has 5 nitrogen and oxygen atoms in total. The Kier molecular flexibility index (Phi) is 5.66. The standard InChI is InChI=1S/C16H15BrN2O3/c17-15-12(7-4-8-18-15)10-13(16(21)22)19-14(20)9-11-5-2-1-3-6-11/h1-8,13H,9-10H2,(H,19,20)(H,21,22)/t13-/m0/s1. The van der Waals surface area contributed by atoms with Crippen molar-refractivity contribution in [2.45, 2.75) is 18.9 Å². The molecule has 0 radical (unpaired) electrons. The number of rotatable bonds is 6. The molecule has 2 N–H and O–H groups in total. The Morgan fingerprint density at radius 3 is 2.55 bits per heavy atom. The van der Waals surface area contributed by atoms with Crippen LogP contribution in [0.1, 0.15) is 11.1 Å². The number of halogens is 1. The van der Waals surface area contributed by atoms with Crippen molar-refractivity contribution in [3.05, 3.63) is 64.4 Å². The lowest BCUT2D eigenvalue weighted by atomic mass is 10.1. The zero-order valence-corrected chi connectivity index (χ0v) is 13.3. The number of carbonyl (C=O) groups excluding carboxylic acids is 1. The first-order valence-corrected chi connectivity index (χ1v) is 7.51. The van der Waals surface area contributed by atoms with E-state index in [2.05, 4.69) is 26.2 Å². The fraction of sp³-hybridized carbons (Fsp3) is 0.188. The summed E-state index contributed by atoms with van der Waals surface area (Å²) in [5, 5.41) is 11.8. The molecule has 0 saturated heterocycles. The number of amides is 1. The first-order valence-electron chi connectivity index (χ1n) is 6.71. The van der Waals surface area contributed by atoms with E-state index in [4.69, 9.17) is 0 Å². The predicted octanol–water partition coefficient (Wildman–Crippen LogP) is 2.20. The molecule has 1 aromatic carbocycles. The number of benzene rings is 1. The molecule has 0 aliphatic rings. The van der Waals surface area contributed by atoms with E-state index in [1.807, 2.05) is 30.3 Å². The monoisotopic (exact) mass is 362 g/mol. The second-order valence-electron chi connectivity index (χ2n) is 4.78. The average Bonchev–Trinajstić information content (AvgIpc) is 2.49. The summed E-state index contributed by atoms with van der Waals surface area (Å²) in [7, 11) is 0. The van der Waals surface area contributed by atoms with Gasteiger partial charge in [0.05, 0.1) is 6.42 Å². The number of hydrogen-bond acceptors (Lipinski definition) is 3. The Morgan fingerprint density at radius 2 is 1.91 bits per heavy atom. The van der Waals surface area contributed by atoms with E-state index in [1.54, 1.807) is 18.3 Å². The minimum Gasteiger partial charge on any atom is -0.480 e. The summed E-state index contributed by atoms with van der Waals surface area (Å²) in [6.45, 7) is 0. The molecule has 1 aromatic heterocycles. The lowest BCUT2D eigenvalue weighted by Gasteiger charge is -2.15. The molecule has 1 amide bonds. The zero-order chi connectivity index (χ0) is 15.9. The fourth-order valence-corrected chi connectivity index (χ4v) is 2.43. The Bertz CT molecular complexity index is 661. The molecular formula is C16H15BrN2O3. The largest absolute Gasteiger partial charge is 0.480 e. The molecule has 1 atom stereocenters. The van der Waals surface area contributed by atoms with Gasteiger partial charge in [-0.1, -0.05) is 36.4 Å². The van der Waals surface area contributed by atoms with Gasteiger partial charge in [-0.3, -0.25) is 4.79 Å². The molecule has 0 aliphatic carbocycles. The summed E-state index contributed by atoms with van der Waals surface area (Å²) in [4.78, 5) is 27.4. The smallest absolute Gasteiger partial charge is 0.326 e. The average molecular weight is 363 g/mol.